The Morgan fingerprint density at radius 1 is 0.968 bits per heavy atom. The molecule has 0 amide bonds. The van der Waals surface area contributed by atoms with Crippen molar-refractivity contribution >= 4 is 29.5 Å². The van der Waals surface area contributed by atoms with Gasteiger partial charge in [-0.05, 0) is 92.6 Å². The van der Waals surface area contributed by atoms with Gasteiger partial charge in [0.15, 0.2) is 0 Å². The van der Waals surface area contributed by atoms with Crippen LogP contribution in [0.4, 0.5) is 0 Å². The summed E-state index contributed by atoms with van der Waals surface area (Å²) < 4.78 is 6.25. The van der Waals surface area contributed by atoms with E-state index < -0.39 is 5.97 Å². The molecule has 3 nitrogen and oxygen atoms in total. The van der Waals surface area contributed by atoms with E-state index in [0.717, 1.165) is 25.2 Å². The average molecular weight is 463 g/mol. The van der Waals surface area contributed by atoms with Gasteiger partial charge in [-0.1, -0.05) is 36.8 Å². The van der Waals surface area contributed by atoms with Gasteiger partial charge in [0.2, 0.25) is 0 Å². The molecule has 172 valence electrons. The van der Waals surface area contributed by atoms with Crippen LogP contribution < -0.4 is 0 Å². The summed E-state index contributed by atoms with van der Waals surface area (Å²) >= 11 is 4.08. The van der Waals surface area contributed by atoms with Gasteiger partial charge in [-0.15, -0.1) is 11.8 Å². The molecular formula is C26H38O3S2. The number of ether oxygens (including phenoxy) is 1. The lowest BCUT2D eigenvalue weighted by Crippen LogP contribution is -2.26. The molecular weight excluding hydrogens is 424 g/mol. The number of aliphatic carboxylic acids is 1. The summed E-state index contributed by atoms with van der Waals surface area (Å²) in [6.07, 6.45) is 16.1. The van der Waals surface area contributed by atoms with Gasteiger partial charge in [0, 0.05) is 11.3 Å². The van der Waals surface area contributed by atoms with Crippen LogP contribution in [0.2, 0.25) is 0 Å². The second-order valence-electron chi connectivity index (χ2n) is 8.73. The van der Waals surface area contributed by atoms with E-state index in [9.17, 15) is 4.79 Å². The van der Waals surface area contributed by atoms with E-state index in [4.69, 9.17) is 9.84 Å². The van der Waals surface area contributed by atoms with Gasteiger partial charge in [-0.3, -0.25) is 4.79 Å². The van der Waals surface area contributed by atoms with E-state index in [1.165, 1.54) is 60.7 Å². The van der Waals surface area contributed by atoms with Crippen LogP contribution in [-0.2, 0) is 9.53 Å². The van der Waals surface area contributed by atoms with Crippen molar-refractivity contribution in [1.29, 1.82) is 0 Å². The van der Waals surface area contributed by atoms with Crippen LogP contribution in [0, 0.1) is 11.8 Å². The molecule has 2 aliphatic rings. The van der Waals surface area contributed by atoms with Crippen LogP contribution >= 0.6 is 23.5 Å². The molecule has 0 radical (unpaired) electrons. The predicted octanol–water partition coefficient (Wildman–Crippen LogP) is 7.07. The fraction of sp³-hybridized carbons (Fsp3) is 0.654. The van der Waals surface area contributed by atoms with E-state index >= 15 is 0 Å². The number of thioether (sulfide) groups is 2. The number of carboxylic acids is 1. The Bertz CT molecular complexity index is 664. The van der Waals surface area contributed by atoms with Crippen LogP contribution in [0.15, 0.2) is 47.4 Å². The normalized spacial score (nSPS) is 24.9. The summed E-state index contributed by atoms with van der Waals surface area (Å²) in [7, 11) is 0. The van der Waals surface area contributed by atoms with Gasteiger partial charge in [0.1, 0.15) is 0 Å². The number of hydrogen-bond donors (Lipinski definition) is 1. The van der Waals surface area contributed by atoms with Crippen LogP contribution in [-0.4, -0.2) is 40.5 Å². The maximum absolute atomic E-state index is 10.6. The van der Waals surface area contributed by atoms with Gasteiger partial charge in [0.05, 0.1) is 12.2 Å². The Balaban J connectivity index is 1.22. The average Bonchev–Trinajstić information content (AvgIpc) is 3.37. The molecule has 0 saturated carbocycles. The van der Waals surface area contributed by atoms with Gasteiger partial charge in [0.25, 0.3) is 0 Å². The third-order valence-corrected chi connectivity index (χ3v) is 8.70. The zero-order valence-electron chi connectivity index (χ0n) is 18.6. The number of allylic oxidation sites excluding steroid dienone is 2. The first-order valence-corrected chi connectivity index (χ1v) is 14.2. The quantitative estimate of drug-likeness (QED) is 0.162. The zero-order chi connectivity index (χ0) is 21.7. The largest absolute Gasteiger partial charge is 0.481 e. The van der Waals surface area contributed by atoms with E-state index in [0.29, 0.717) is 18.1 Å². The van der Waals surface area contributed by atoms with E-state index in [1.54, 1.807) is 0 Å². The minimum absolute atomic E-state index is 0.272. The first-order valence-electron chi connectivity index (χ1n) is 12.0. The summed E-state index contributed by atoms with van der Waals surface area (Å²) in [6, 6.07) is 10.7. The number of rotatable bonds is 16. The molecule has 5 heteroatoms. The summed E-state index contributed by atoms with van der Waals surface area (Å²) in [6.45, 7) is 0. The molecule has 0 aromatic heterocycles. The van der Waals surface area contributed by atoms with Crippen LogP contribution in [0.1, 0.15) is 64.2 Å². The summed E-state index contributed by atoms with van der Waals surface area (Å²) in [5.74, 6) is 4.48. The third kappa shape index (κ3) is 8.86. The smallest absolute Gasteiger partial charge is 0.303 e. The lowest BCUT2D eigenvalue weighted by Gasteiger charge is -2.27. The Kier molecular flexibility index (Phi) is 11.4. The molecule has 0 unspecified atom stereocenters. The number of fused-ring (bicyclic) bond motifs is 2. The molecule has 1 N–H and O–H groups in total. The van der Waals surface area contributed by atoms with Crippen molar-refractivity contribution in [2.24, 2.45) is 11.8 Å². The van der Waals surface area contributed by atoms with Gasteiger partial charge < -0.3 is 9.84 Å². The standard InChI is InChI=1S/C26H38O3S2/c27-26(28)15-7-2-1-6-13-22-23(25-17-16-24(22)29-25)14-8-9-18-30-19-10-20-31-21-11-4-3-5-12-21/h1,3-6,11-12,22-25H,2,7-10,13-20H2,(H,27,28)/t22-,23+,24-,25+/m1/s1. The number of hydrogen-bond acceptors (Lipinski definition) is 4. The van der Waals surface area contributed by atoms with Crippen molar-refractivity contribution < 1.29 is 14.6 Å². The monoisotopic (exact) mass is 462 g/mol. The highest BCUT2D eigenvalue weighted by atomic mass is 32.2. The fourth-order valence-electron chi connectivity index (χ4n) is 4.89. The topological polar surface area (TPSA) is 46.5 Å². The first-order chi connectivity index (χ1) is 15.2. The molecule has 0 spiro atoms. The highest BCUT2D eigenvalue weighted by Gasteiger charge is 2.47. The molecule has 2 heterocycles. The van der Waals surface area contributed by atoms with Crippen molar-refractivity contribution in [3.8, 4) is 0 Å². The molecule has 1 aromatic carbocycles. The van der Waals surface area contributed by atoms with Crippen LogP contribution in [0.25, 0.3) is 0 Å². The predicted molar refractivity (Wildman–Crippen MR) is 133 cm³/mol. The van der Waals surface area contributed by atoms with Crippen LogP contribution in [0.5, 0.6) is 0 Å². The molecule has 2 saturated heterocycles. The highest BCUT2D eigenvalue weighted by Crippen LogP contribution is 2.47. The lowest BCUT2D eigenvalue weighted by molar-refractivity contribution is -0.137. The van der Waals surface area contributed by atoms with Crippen molar-refractivity contribution in [3.05, 3.63) is 42.5 Å². The van der Waals surface area contributed by atoms with Crippen molar-refractivity contribution in [3.63, 3.8) is 0 Å². The maximum Gasteiger partial charge on any atom is 0.303 e. The van der Waals surface area contributed by atoms with Crippen molar-refractivity contribution in [2.75, 3.05) is 17.3 Å². The van der Waals surface area contributed by atoms with E-state index in [2.05, 4.69) is 54.2 Å². The second kappa shape index (κ2) is 14.3. The zero-order valence-corrected chi connectivity index (χ0v) is 20.3. The van der Waals surface area contributed by atoms with Gasteiger partial charge >= 0.3 is 5.97 Å². The Labute approximate surface area is 196 Å². The molecule has 3 rings (SSSR count). The number of benzene rings is 1. The Morgan fingerprint density at radius 3 is 2.55 bits per heavy atom. The molecule has 4 atom stereocenters. The number of unbranched alkanes of at least 4 members (excludes halogenated alkanes) is 2. The summed E-state index contributed by atoms with van der Waals surface area (Å²) in [5.41, 5.74) is 0. The molecule has 1 aromatic rings. The van der Waals surface area contributed by atoms with Gasteiger partial charge in [-0.2, -0.15) is 11.8 Å². The molecule has 2 bridgehead atoms. The number of carboxylic acid groups (broad SMARTS) is 1. The van der Waals surface area contributed by atoms with Crippen molar-refractivity contribution in [1.82, 2.24) is 0 Å². The second-order valence-corrected chi connectivity index (χ2v) is 11.1. The maximum atomic E-state index is 10.6. The van der Waals surface area contributed by atoms with Gasteiger partial charge in [-0.25, -0.2) is 0 Å². The lowest BCUT2D eigenvalue weighted by atomic mass is 9.75. The molecule has 2 fully saturated rings. The third-order valence-electron chi connectivity index (χ3n) is 6.45. The summed E-state index contributed by atoms with van der Waals surface area (Å²) in [5, 5.41) is 8.72. The van der Waals surface area contributed by atoms with E-state index in [-0.39, 0.29) is 6.42 Å². The first kappa shape index (κ1) is 24.7. The highest BCUT2D eigenvalue weighted by molar-refractivity contribution is 8.00. The van der Waals surface area contributed by atoms with Crippen molar-refractivity contribution in [2.45, 2.75) is 81.3 Å². The fourth-order valence-corrected chi connectivity index (χ4v) is 6.91. The molecule has 2 aliphatic heterocycles. The molecule has 31 heavy (non-hydrogen) atoms. The van der Waals surface area contributed by atoms with Crippen LogP contribution in [0.3, 0.4) is 0 Å². The minimum Gasteiger partial charge on any atom is -0.481 e. The minimum atomic E-state index is -0.695. The number of carbonyl (C=O) groups is 1. The Hall–Kier alpha value is -0.910. The summed E-state index contributed by atoms with van der Waals surface area (Å²) in [4.78, 5) is 12.0. The Morgan fingerprint density at radius 2 is 1.74 bits per heavy atom. The molecule has 0 aliphatic carbocycles. The van der Waals surface area contributed by atoms with E-state index in [1.807, 2.05) is 11.8 Å². The SMILES string of the molecule is O=C(O)CCCC=CC[C@@H]1[C@H](CCCCSCCCSc2ccccc2)[C@@H]2CC[C@H]1O2.